The van der Waals surface area contributed by atoms with Crippen LogP contribution in [0.1, 0.15) is 29.7 Å². The molecule has 0 spiro atoms. The molecule has 2 amide bonds. The predicted molar refractivity (Wildman–Crippen MR) is 94.6 cm³/mol. The molecule has 0 N–H and O–H groups in total. The van der Waals surface area contributed by atoms with Gasteiger partial charge < -0.3 is 4.74 Å². The van der Waals surface area contributed by atoms with Crippen LogP contribution < -0.4 is 4.90 Å². The van der Waals surface area contributed by atoms with Gasteiger partial charge in [0, 0.05) is 11.8 Å². The topological polar surface area (TPSA) is 64.4 Å². The summed E-state index contributed by atoms with van der Waals surface area (Å²) in [6, 6.07) is 9.99. The van der Waals surface area contributed by atoms with Crippen LogP contribution in [0.4, 0.5) is 5.82 Å². The summed E-state index contributed by atoms with van der Waals surface area (Å²) in [5, 5.41) is 4.59. The van der Waals surface area contributed by atoms with E-state index in [1.807, 2.05) is 29.8 Å². The van der Waals surface area contributed by atoms with Crippen LogP contribution in [0.2, 0.25) is 0 Å². The van der Waals surface area contributed by atoms with Crippen LogP contribution >= 0.6 is 0 Å². The molecule has 6 nitrogen and oxygen atoms in total. The van der Waals surface area contributed by atoms with E-state index < -0.39 is 0 Å². The molecule has 0 unspecified atom stereocenters. The molecule has 3 saturated heterocycles. The fraction of sp³-hybridized carbons (Fsp3) is 0.450. The van der Waals surface area contributed by atoms with E-state index in [4.69, 9.17) is 4.74 Å². The summed E-state index contributed by atoms with van der Waals surface area (Å²) in [7, 11) is 0. The highest BCUT2D eigenvalue weighted by molar-refractivity contribution is 6.22. The predicted octanol–water partition coefficient (Wildman–Crippen LogP) is 2.22. The van der Waals surface area contributed by atoms with E-state index in [2.05, 4.69) is 24.2 Å². The Morgan fingerprint density at radius 1 is 1.08 bits per heavy atom. The number of carbonyl (C=O) groups excluding carboxylic acids is 2. The van der Waals surface area contributed by atoms with E-state index >= 15 is 0 Å². The van der Waals surface area contributed by atoms with E-state index in [0.717, 1.165) is 18.5 Å². The van der Waals surface area contributed by atoms with Crippen molar-refractivity contribution < 1.29 is 14.3 Å². The number of imide groups is 1. The number of carbonyl (C=O) groups is 2. The van der Waals surface area contributed by atoms with Crippen molar-refractivity contribution in [1.29, 1.82) is 0 Å². The lowest BCUT2D eigenvalue weighted by Crippen LogP contribution is -2.34. The van der Waals surface area contributed by atoms with Crippen molar-refractivity contribution in [2.75, 3.05) is 4.90 Å². The number of aryl methyl sites for hydroxylation is 2. The van der Waals surface area contributed by atoms with E-state index in [1.54, 1.807) is 0 Å². The van der Waals surface area contributed by atoms with Gasteiger partial charge in [0.05, 0.1) is 30.6 Å². The molecule has 26 heavy (non-hydrogen) atoms. The lowest BCUT2D eigenvalue weighted by molar-refractivity contribution is -0.124. The molecule has 3 aliphatic heterocycles. The molecule has 5 rings (SSSR count). The van der Waals surface area contributed by atoms with Crippen molar-refractivity contribution in [1.82, 2.24) is 9.78 Å². The highest BCUT2D eigenvalue weighted by Crippen LogP contribution is 2.49. The quantitative estimate of drug-likeness (QED) is 0.796. The summed E-state index contributed by atoms with van der Waals surface area (Å²) in [6.07, 6.45) is 1.56. The van der Waals surface area contributed by atoms with Gasteiger partial charge >= 0.3 is 0 Å². The number of aromatic nitrogens is 2. The molecule has 4 heterocycles. The molecule has 134 valence electrons. The fourth-order valence-corrected chi connectivity index (χ4v) is 4.65. The third-order valence-corrected chi connectivity index (χ3v) is 6.06. The zero-order valence-electron chi connectivity index (χ0n) is 14.9. The molecule has 3 fully saturated rings. The summed E-state index contributed by atoms with van der Waals surface area (Å²) >= 11 is 0. The van der Waals surface area contributed by atoms with Crippen LogP contribution in [0.15, 0.2) is 30.3 Å². The molecule has 0 saturated carbocycles. The average molecular weight is 351 g/mol. The normalized spacial score (nSPS) is 29.7. The second kappa shape index (κ2) is 5.51. The van der Waals surface area contributed by atoms with Crippen molar-refractivity contribution in [3.8, 4) is 0 Å². The molecule has 6 heteroatoms. The molecule has 4 atom stereocenters. The monoisotopic (exact) mass is 351 g/mol. The van der Waals surface area contributed by atoms with E-state index in [-0.39, 0.29) is 35.9 Å². The van der Waals surface area contributed by atoms with Gasteiger partial charge in [-0.3, -0.25) is 14.3 Å². The first-order chi connectivity index (χ1) is 12.5. The Hall–Kier alpha value is -2.47. The smallest absolute Gasteiger partial charge is 0.241 e. The standard InChI is InChI=1S/C20H21N3O3/c1-11-5-3-4-6-13(11)10-22-12(2)9-16(21-22)23-19(24)17-14-7-8-15(26-14)18(17)20(23)25/h3-6,9,14-15,17-18H,7-8,10H2,1-2H3/t14-,15+,17-,18-/m0/s1. The van der Waals surface area contributed by atoms with Crippen molar-refractivity contribution in [3.05, 3.63) is 47.2 Å². The first-order valence-corrected chi connectivity index (χ1v) is 9.17. The van der Waals surface area contributed by atoms with Crippen LogP contribution in [0.25, 0.3) is 0 Å². The van der Waals surface area contributed by atoms with Gasteiger partial charge in [-0.15, -0.1) is 0 Å². The van der Waals surface area contributed by atoms with Gasteiger partial charge in [-0.1, -0.05) is 24.3 Å². The van der Waals surface area contributed by atoms with Gasteiger partial charge in [-0.25, -0.2) is 4.90 Å². The maximum absolute atomic E-state index is 12.9. The minimum absolute atomic E-state index is 0.0957. The molecule has 1 aromatic heterocycles. The molecule has 0 aliphatic carbocycles. The van der Waals surface area contributed by atoms with Gasteiger partial charge in [0.2, 0.25) is 11.8 Å². The number of ether oxygens (including phenoxy) is 1. The molecule has 1 aromatic carbocycles. The van der Waals surface area contributed by atoms with Gasteiger partial charge in [0.15, 0.2) is 5.82 Å². The molecule has 2 bridgehead atoms. The molecule has 3 aliphatic rings. The number of hydrogen-bond acceptors (Lipinski definition) is 4. The number of amides is 2. The maximum Gasteiger partial charge on any atom is 0.241 e. The second-order valence-corrected chi connectivity index (χ2v) is 7.58. The fourth-order valence-electron chi connectivity index (χ4n) is 4.65. The number of hydrogen-bond donors (Lipinski definition) is 0. The van der Waals surface area contributed by atoms with Crippen LogP contribution in [-0.2, 0) is 20.9 Å². The summed E-state index contributed by atoms with van der Waals surface area (Å²) < 4.78 is 7.65. The third kappa shape index (κ3) is 2.11. The minimum atomic E-state index is -0.317. The van der Waals surface area contributed by atoms with Gasteiger partial charge in [-0.2, -0.15) is 5.10 Å². The van der Waals surface area contributed by atoms with Crippen molar-refractivity contribution >= 4 is 17.6 Å². The van der Waals surface area contributed by atoms with Gasteiger partial charge in [-0.05, 0) is 37.8 Å². The Bertz CT molecular complexity index is 891. The van der Waals surface area contributed by atoms with Crippen molar-refractivity contribution in [3.63, 3.8) is 0 Å². The highest BCUT2D eigenvalue weighted by Gasteiger charge is 2.63. The van der Waals surface area contributed by atoms with Gasteiger partial charge in [0.1, 0.15) is 0 Å². The van der Waals surface area contributed by atoms with Crippen LogP contribution in [0.5, 0.6) is 0 Å². The number of nitrogens with zero attached hydrogens (tertiary/aromatic N) is 3. The summed E-state index contributed by atoms with van der Waals surface area (Å²) in [6.45, 7) is 4.64. The SMILES string of the molecule is Cc1ccccc1Cn1nc(N2C(=O)[C@@H]3[C@@H](C2=O)[C@H]2CC[C@@H]3O2)cc1C. The average Bonchev–Trinajstić information content (AvgIpc) is 3.35. The summed E-state index contributed by atoms with van der Waals surface area (Å²) in [5.41, 5.74) is 3.30. The lowest BCUT2D eigenvalue weighted by Gasteiger charge is -2.15. The Morgan fingerprint density at radius 3 is 2.38 bits per heavy atom. The zero-order valence-corrected chi connectivity index (χ0v) is 14.9. The third-order valence-electron chi connectivity index (χ3n) is 6.06. The molecular formula is C20H21N3O3. The number of rotatable bonds is 3. The number of fused-ring (bicyclic) bond motifs is 5. The maximum atomic E-state index is 12.9. The molecular weight excluding hydrogens is 330 g/mol. The summed E-state index contributed by atoms with van der Waals surface area (Å²) in [5.74, 6) is -0.480. The summed E-state index contributed by atoms with van der Waals surface area (Å²) in [4.78, 5) is 27.1. The van der Waals surface area contributed by atoms with E-state index in [9.17, 15) is 9.59 Å². The Labute approximate surface area is 151 Å². The number of anilines is 1. The van der Waals surface area contributed by atoms with Crippen molar-refractivity contribution in [2.45, 2.75) is 45.4 Å². The van der Waals surface area contributed by atoms with Crippen LogP contribution in [0.3, 0.4) is 0 Å². The van der Waals surface area contributed by atoms with Crippen LogP contribution in [-0.4, -0.2) is 33.8 Å². The molecule has 2 aromatic rings. The Kier molecular flexibility index (Phi) is 3.34. The Morgan fingerprint density at radius 2 is 1.73 bits per heavy atom. The van der Waals surface area contributed by atoms with Gasteiger partial charge in [0.25, 0.3) is 0 Å². The Balaban J connectivity index is 1.46. The van der Waals surface area contributed by atoms with Crippen molar-refractivity contribution in [2.24, 2.45) is 11.8 Å². The largest absolute Gasteiger partial charge is 0.373 e. The first-order valence-electron chi connectivity index (χ1n) is 9.17. The van der Waals surface area contributed by atoms with E-state index in [0.29, 0.717) is 12.4 Å². The lowest BCUT2D eigenvalue weighted by atomic mass is 9.81. The van der Waals surface area contributed by atoms with E-state index in [1.165, 1.54) is 16.0 Å². The minimum Gasteiger partial charge on any atom is -0.373 e. The second-order valence-electron chi connectivity index (χ2n) is 7.58. The molecule has 0 radical (unpaired) electrons. The zero-order chi connectivity index (χ0) is 18.0. The number of benzene rings is 1. The van der Waals surface area contributed by atoms with Crippen LogP contribution in [0, 0.1) is 25.7 Å². The first kappa shape index (κ1) is 15.8. The highest BCUT2D eigenvalue weighted by atomic mass is 16.5.